The van der Waals surface area contributed by atoms with E-state index in [9.17, 15) is 8.42 Å². The minimum absolute atomic E-state index is 0.00144. The van der Waals surface area contributed by atoms with E-state index in [-0.39, 0.29) is 6.04 Å². The normalized spacial score (nSPS) is 12.9. The molecule has 0 unspecified atom stereocenters. The molecule has 2 aromatic carbocycles. The summed E-state index contributed by atoms with van der Waals surface area (Å²) in [6.07, 6.45) is 1.13. The number of hydrogen-bond acceptors (Lipinski definition) is 3. The summed E-state index contributed by atoms with van der Waals surface area (Å²) in [5.41, 5.74) is 2.75. The molecule has 0 radical (unpaired) electrons. The highest BCUT2D eigenvalue weighted by molar-refractivity contribution is 7.92. The van der Waals surface area contributed by atoms with Crippen LogP contribution in [0.2, 0.25) is 19.6 Å². The van der Waals surface area contributed by atoms with Crippen molar-refractivity contribution in [3.63, 3.8) is 0 Å². The van der Waals surface area contributed by atoms with Crippen LogP contribution in [0.1, 0.15) is 24.1 Å². The Hall–Kier alpha value is -1.90. The molecule has 0 aliphatic heterocycles. The summed E-state index contributed by atoms with van der Waals surface area (Å²) in [4.78, 5) is 0. The summed E-state index contributed by atoms with van der Waals surface area (Å²) < 4.78 is 25.0. The topological polar surface area (TPSA) is 70.2 Å². The van der Waals surface area contributed by atoms with E-state index in [0.717, 1.165) is 11.8 Å². The fourth-order valence-electron chi connectivity index (χ4n) is 2.69. The molecule has 0 fully saturated rings. The van der Waals surface area contributed by atoms with Crippen molar-refractivity contribution >= 4 is 46.3 Å². The Morgan fingerprint density at radius 3 is 2.11 bits per heavy atom. The Kier molecular flexibility index (Phi) is 7.25. The van der Waals surface area contributed by atoms with Crippen molar-refractivity contribution in [2.24, 2.45) is 0 Å². The average Bonchev–Trinajstić information content (AvgIpc) is 2.59. The highest BCUT2D eigenvalue weighted by Crippen LogP contribution is 2.16. The van der Waals surface area contributed by atoms with E-state index in [1.165, 1.54) is 10.8 Å². The van der Waals surface area contributed by atoms with Gasteiger partial charge < -0.3 is 10.6 Å². The van der Waals surface area contributed by atoms with Crippen LogP contribution in [0.15, 0.2) is 48.5 Å². The van der Waals surface area contributed by atoms with Crippen LogP contribution in [0.5, 0.6) is 0 Å². The molecule has 0 saturated heterocycles. The summed E-state index contributed by atoms with van der Waals surface area (Å²) in [6.45, 7) is 9.69. The van der Waals surface area contributed by atoms with Gasteiger partial charge in [-0.3, -0.25) is 4.72 Å². The van der Waals surface area contributed by atoms with E-state index in [1.54, 1.807) is 12.1 Å². The molecule has 3 N–H and O–H groups in total. The molecule has 0 spiro atoms. The third-order valence-corrected chi connectivity index (χ3v) is 7.27. The van der Waals surface area contributed by atoms with Gasteiger partial charge in [0.05, 0.1) is 20.4 Å². The Morgan fingerprint density at radius 1 is 1.04 bits per heavy atom. The number of rotatable bonds is 7. The van der Waals surface area contributed by atoms with Crippen molar-refractivity contribution < 1.29 is 8.42 Å². The zero-order valence-corrected chi connectivity index (χ0v) is 19.7. The van der Waals surface area contributed by atoms with Crippen molar-refractivity contribution in [2.45, 2.75) is 39.2 Å². The molecule has 0 aromatic heterocycles. The standard InChI is InChI=1S/C20H29N3O2S2Si/c1-15(17-8-10-18(11-9-17)23-27(2,24)25)22-20(26)21-14-16-6-12-19(13-7-16)28(3,4)5/h6-13,15,23H,14H2,1-5H3,(H2,21,22,26)/t15-/m1/s1. The van der Waals surface area contributed by atoms with Gasteiger partial charge >= 0.3 is 0 Å². The highest BCUT2D eigenvalue weighted by Gasteiger charge is 2.15. The van der Waals surface area contributed by atoms with Gasteiger partial charge in [0.25, 0.3) is 0 Å². The molecular weight excluding hydrogens is 406 g/mol. The molecule has 0 amide bonds. The second kappa shape index (κ2) is 9.06. The van der Waals surface area contributed by atoms with E-state index < -0.39 is 18.1 Å². The number of hydrogen-bond donors (Lipinski definition) is 3. The summed E-state index contributed by atoms with van der Waals surface area (Å²) in [7, 11) is -4.54. The fourth-order valence-corrected chi connectivity index (χ4v) is 4.67. The number of benzene rings is 2. The Bertz CT molecular complexity index is 906. The average molecular weight is 436 g/mol. The maximum Gasteiger partial charge on any atom is 0.229 e. The minimum Gasteiger partial charge on any atom is -0.359 e. The lowest BCUT2D eigenvalue weighted by atomic mass is 10.1. The van der Waals surface area contributed by atoms with E-state index in [0.29, 0.717) is 17.3 Å². The molecule has 2 rings (SSSR count). The summed E-state index contributed by atoms with van der Waals surface area (Å²) >= 11 is 5.40. The molecule has 0 saturated carbocycles. The maximum atomic E-state index is 11.3. The molecule has 1 atom stereocenters. The summed E-state index contributed by atoms with van der Waals surface area (Å²) in [5.74, 6) is 0. The van der Waals surface area contributed by atoms with Crippen LogP contribution in [-0.2, 0) is 16.6 Å². The van der Waals surface area contributed by atoms with Crippen molar-refractivity contribution in [3.8, 4) is 0 Å². The quantitative estimate of drug-likeness (QED) is 0.460. The predicted octanol–water partition coefficient (Wildman–Crippen LogP) is 3.33. The lowest BCUT2D eigenvalue weighted by Crippen LogP contribution is -2.38. The van der Waals surface area contributed by atoms with E-state index >= 15 is 0 Å². The van der Waals surface area contributed by atoms with Crippen LogP contribution in [0.25, 0.3) is 0 Å². The van der Waals surface area contributed by atoms with Crippen molar-refractivity contribution in [1.29, 1.82) is 0 Å². The van der Waals surface area contributed by atoms with Crippen LogP contribution in [0.3, 0.4) is 0 Å². The van der Waals surface area contributed by atoms with Gasteiger partial charge in [0, 0.05) is 12.2 Å². The maximum absolute atomic E-state index is 11.3. The molecular formula is C20H29N3O2S2Si. The first-order valence-corrected chi connectivity index (χ1v) is 15.0. The van der Waals surface area contributed by atoms with Gasteiger partial charge in [0.2, 0.25) is 10.0 Å². The van der Waals surface area contributed by atoms with E-state index in [2.05, 4.69) is 59.3 Å². The zero-order chi connectivity index (χ0) is 20.9. The molecule has 0 heterocycles. The van der Waals surface area contributed by atoms with Crippen molar-refractivity contribution in [2.75, 3.05) is 11.0 Å². The fraction of sp³-hybridized carbons (Fsp3) is 0.350. The third kappa shape index (κ3) is 7.25. The van der Waals surface area contributed by atoms with Gasteiger partial charge in [0.15, 0.2) is 5.11 Å². The number of sulfonamides is 1. The minimum atomic E-state index is -3.27. The monoisotopic (exact) mass is 435 g/mol. The molecule has 8 heteroatoms. The van der Waals surface area contributed by atoms with Gasteiger partial charge in [-0.2, -0.15) is 0 Å². The molecule has 2 aromatic rings. The summed E-state index contributed by atoms with van der Waals surface area (Å²) in [5, 5.41) is 8.53. The first-order chi connectivity index (χ1) is 12.9. The van der Waals surface area contributed by atoms with Gasteiger partial charge in [0.1, 0.15) is 0 Å². The number of thiocarbonyl (C=S) groups is 1. The molecule has 5 nitrogen and oxygen atoms in total. The summed E-state index contributed by atoms with van der Waals surface area (Å²) in [6, 6.07) is 16.0. The molecule has 0 aliphatic rings. The van der Waals surface area contributed by atoms with Crippen LogP contribution in [0.4, 0.5) is 5.69 Å². The second-order valence-electron chi connectivity index (χ2n) is 7.99. The van der Waals surface area contributed by atoms with E-state index in [1.807, 2.05) is 19.1 Å². The molecule has 0 bridgehead atoms. The van der Waals surface area contributed by atoms with Gasteiger partial charge in [-0.25, -0.2) is 8.42 Å². The van der Waals surface area contributed by atoms with Gasteiger partial charge in [-0.1, -0.05) is 61.2 Å². The second-order valence-corrected chi connectivity index (χ2v) is 15.2. The number of nitrogens with one attached hydrogen (secondary N) is 3. The molecule has 152 valence electrons. The first kappa shape index (κ1) is 22.4. The molecule has 28 heavy (non-hydrogen) atoms. The van der Waals surface area contributed by atoms with Gasteiger partial charge in [-0.15, -0.1) is 0 Å². The highest BCUT2D eigenvalue weighted by atomic mass is 32.2. The Balaban J connectivity index is 1.87. The Morgan fingerprint density at radius 2 is 1.61 bits per heavy atom. The smallest absolute Gasteiger partial charge is 0.229 e. The Labute approximate surface area is 175 Å². The van der Waals surface area contributed by atoms with Crippen LogP contribution in [0, 0.1) is 0 Å². The van der Waals surface area contributed by atoms with Crippen molar-refractivity contribution in [3.05, 3.63) is 59.7 Å². The SMILES string of the molecule is C[C@@H](NC(=S)NCc1ccc([Si](C)(C)C)cc1)c1ccc(NS(C)(=O)=O)cc1. The van der Waals surface area contributed by atoms with Crippen LogP contribution in [-0.4, -0.2) is 27.9 Å². The third-order valence-electron chi connectivity index (χ3n) is 4.33. The van der Waals surface area contributed by atoms with Gasteiger partial charge in [-0.05, 0) is 42.4 Å². The van der Waals surface area contributed by atoms with Crippen LogP contribution < -0.4 is 20.5 Å². The largest absolute Gasteiger partial charge is 0.359 e. The zero-order valence-electron chi connectivity index (χ0n) is 17.0. The predicted molar refractivity (Wildman–Crippen MR) is 125 cm³/mol. The van der Waals surface area contributed by atoms with Crippen molar-refractivity contribution in [1.82, 2.24) is 10.6 Å². The first-order valence-electron chi connectivity index (χ1n) is 9.15. The lowest BCUT2D eigenvalue weighted by molar-refractivity contribution is 0.607. The molecule has 0 aliphatic carbocycles. The van der Waals surface area contributed by atoms with Crippen LogP contribution >= 0.6 is 12.2 Å². The lowest BCUT2D eigenvalue weighted by Gasteiger charge is -2.19. The van der Waals surface area contributed by atoms with E-state index in [4.69, 9.17) is 12.2 Å². The number of anilines is 1.